The molecule has 0 aromatic rings. The Morgan fingerprint density at radius 1 is 1.31 bits per heavy atom. The Morgan fingerprint density at radius 2 is 1.88 bits per heavy atom. The molecule has 7 heteroatoms. The molecule has 0 bridgehead atoms. The summed E-state index contributed by atoms with van der Waals surface area (Å²) in [6, 6.07) is 0. The van der Waals surface area contributed by atoms with E-state index in [1.807, 2.05) is 0 Å². The summed E-state index contributed by atoms with van der Waals surface area (Å²) in [5.41, 5.74) is 0. The zero-order chi connectivity index (χ0) is 12.2. The standard InChI is InChI=1S/C9H18N2O4S/c1-10(8-5-9(12)13)16(14,15)11-6-3-2-4-7-11/h2-8H2,1H3,(H,12,13). The van der Waals surface area contributed by atoms with Gasteiger partial charge in [-0.3, -0.25) is 4.79 Å². The van der Waals surface area contributed by atoms with Crippen LogP contribution in [-0.4, -0.2) is 54.8 Å². The topological polar surface area (TPSA) is 77.9 Å². The molecule has 1 heterocycles. The maximum absolute atomic E-state index is 12.0. The first-order valence-electron chi connectivity index (χ1n) is 5.38. The Morgan fingerprint density at radius 3 is 2.38 bits per heavy atom. The highest BCUT2D eigenvalue weighted by Crippen LogP contribution is 2.15. The van der Waals surface area contributed by atoms with E-state index in [0.29, 0.717) is 13.1 Å². The summed E-state index contributed by atoms with van der Waals surface area (Å²) in [6.45, 7) is 1.10. The molecule has 0 aromatic heterocycles. The number of hydrogen-bond acceptors (Lipinski definition) is 3. The number of hydrogen-bond donors (Lipinski definition) is 1. The van der Waals surface area contributed by atoms with Crippen LogP contribution in [0.25, 0.3) is 0 Å². The van der Waals surface area contributed by atoms with E-state index >= 15 is 0 Å². The van der Waals surface area contributed by atoms with Gasteiger partial charge in [-0.05, 0) is 12.8 Å². The minimum Gasteiger partial charge on any atom is -0.481 e. The molecule has 0 radical (unpaired) electrons. The highest BCUT2D eigenvalue weighted by atomic mass is 32.2. The maximum Gasteiger partial charge on any atom is 0.304 e. The molecule has 0 aliphatic carbocycles. The molecule has 1 N–H and O–H groups in total. The minimum absolute atomic E-state index is 0.0220. The van der Waals surface area contributed by atoms with Crippen molar-refractivity contribution >= 4 is 16.2 Å². The normalized spacial score (nSPS) is 18.9. The van der Waals surface area contributed by atoms with Crippen LogP contribution in [-0.2, 0) is 15.0 Å². The molecule has 0 atom stereocenters. The van der Waals surface area contributed by atoms with E-state index in [-0.39, 0.29) is 13.0 Å². The molecular formula is C9H18N2O4S. The summed E-state index contributed by atoms with van der Waals surface area (Å²) in [4.78, 5) is 10.4. The van der Waals surface area contributed by atoms with Crippen LogP contribution >= 0.6 is 0 Å². The van der Waals surface area contributed by atoms with E-state index in [1.54, 1.807) is 0 Å². The van der Waals surface area contributed by atoms with E-state index in [9.17, 15) is 13.2 Å². The number of aliphatic carboxylic acids is 1. The van der Waals surface area contributed by atoms with Crippen LogP contribution in [0.2, 0.25) is 0 Å². The van der Waals surface area contributed by atoms with E-state index < -0.39 is 16.2 Å². The van der Waals surface area contributed by atoms with Gasteiger partial charge in [0.25, 0.3) is 10.2 Å². The molecule has 1 aliphatic rings. The van der Waals surface area contributed by atoms with Crippen LogP contribution in [0.15, 0.2) is 0 Å². The van der Waals surface area contributed by atoms with Gasteiger partial charge in [0.05, 0.1) is 6.42 Å². The van der Waals surface area contributed by atoms with Gasteiger partial charge in [0, 0.05) is 26.7 Å². The van der Waals surface area contributed by atoms with Gasteiger partial charge in [0.2, 0.25) is 0 Å². The van der Waals surface area contributed by atoms with Crippen molar-refractivity contribution in [2.45, 2.75) is 25.7 Å². The number of nitrogens with zero attached hydrogens (tertiary/aromatic N) is 2. The lowest BCUT2D eigenvalue weighted by atomic mass is 10.2. The van der Waals surface area contributed by atoms with Gasteiger partial charge in [-0.25, -0.2) is 0 Å². The monoisotopic (exact) mass is 250 g/mol. The molecule has 0 spiro atoms. The third-order valence-electron chi connectivity index (χ3n) is 2.68. The smallest absolute Gasteiger partial charge is 0.304 e. The number of carboxylic acid groups (broad SMARTS) is 1. The molecule has 1 fully saturated rings. The summed E-state index contributed by atoms with van der Waals surface area (Å²) in [6.07, 6.45) is 2.66. The first-order valence-corrected chi connectivity index (χ1v) is 6.77. The Kier molecular flexibility index (Phi) is 4.69. The highest BCUT2D eigenvalue weighted by molar-refractivity contribution is 7.86. The molecule has 16 heavy (non-hydrogen) atoms. The van der Waals surface area contributed by atoms with Crippen molar-refractivity contribution in [2.75, 3.05) is 26.7 Å². The molecular weight excluding hydrogens is 232 g/mol. The summed E-state index contributed by atoms with van der Waals surface area (Å²) >= 11 is 0. The van der Waals surface area contributed by atoms with E-state index in [4.69, 9.17) is 5.11 Å². The van der Waals surface area contributed by atoms with Crippen LogP contribution in [0.4, 0.5) is 0 Å². The van der Waals surface area contributed by atoms with Gasteiger partial charge in [-0.2, -0.15) is 17.0 Å². The predicted octanol–water partition coefficient (Wildman–Crippen LogP) is 0.124. The highest BCUT2D eigenvalue weighted by Gasteiger charge is 2.27. The van der Waals surface area contributed by atoms with E-state index in [1.165, 1.54) is 11.4 Å². The molecule has 1 rings (SSSR count). The van der Waals surface area contributed by atoms with Crippen LogP contribution in [0.3, 0.4) is 0 Å². The number of carbonyl (C=O) groups is 1. The molecule has 1 aliphatic heterocycles. The van der Waals surface area contributed by atoms with Crippen LogP contribution in [0, 0.1) is 0 Å². The predicted molar refractivity (Wildman–Crippen MR) is 59.2 cm³/mol. The van der Waals surface area contributed by atoms with Gasteiger partial charge in [-0.1, -0.05) is 6.42 Å². The van der Waals surface area contributed by atoms with Crippen LogP contribution in [0.5, 0.6) is 0 Å². The fraction of sp³-hybridized carbons (Fsp3) is 0.889. The Labute approximate surface area is 96.0 Å². The summed E-state index contributed by atoms with van der Waals surface area (Å²) in [7, 11) is -2.03. The second-order valence-corrected chi connectivity index (χ2v) is 5.97. The summed E-state index contributed by atoms with van der Waals surface area (Å²) in [5, 5.41) is 8.50. The molecule has 0 unspecified atom stereocenters. The summed E-state index contributed by atoms with van der Waals surface area (Å²) < 4.78 is 26.5. The maximum atomic E-state index is 12.0. The minimum atomic E-state index is -3.45. The average Bonchev–Trinajstić information content (AvgIpc) is 2.27. The van der Waals surface area contributed by atoms with Crippen molar-refractivity contribution < 1.29 is 18.3 Å². The third kappa shape index (κ3) is 3.43. The second-order valence-electron chi connectivity index (χ2n) is 3.93. The van der Waals surface area contributed by atoms with Crippen LogP contribution in [0.1, 0.15) is 25.7 Å². The Hall–Kier alpha value is -0.660. The lowest BCUT2D eigenvalue weighted by Gasteiger charge is -2.29. The van der Waals surface area contributed by atoms with Crippen molar-refractivity contribution in [2.24, 2.45) is 0 Å². The van der Waals surface area contributed by atoms with Gasteiger partial charge >= 0.3 is 5.97 Å². The third-order valence-corrected chi connectivity index (χ3v) is 4.66. The number of carboxylic acids is 1. The van der Waals surface area contributed by atoms with E-state index in [2.05, 4.69) is 0 Å². The Bertz CT molecular complexity index is 335. The summed E-state index contributed by atoms with van der Waals surface area (Å²) in [5.74, 6) is -0.985. The zero-order valence-corrected chi connectivity index (χ0v) is 10.2. The number of rotatable bonds is 5. The van der Waals surface area contributed by atoms with Crippen molar-refractivity contribution in [3.8, 4) is 0 Å². The molecule has 0 amide bonds. The van der Waals surface area contributed by atoms with Crippen molar-refractivity contribution in [1.29, 1.82) is 0 Å². The zero-order valence-electron chi connectivity index (χ0n) is 9.42. The molecule has 94 valence electrons. The fourth-order valence-electron chi connectivity index (χ4n) is 1.66. The van der Waals surface area contributed by atoms with Crippen molar-refractivity contribution in [3.05, 3.63) is 0 Å². The van der Waals surface area contributed by atoms with E-state index in [0.717, 1.165) is 23.6 Å². The molecule has 6 nitrogen and oxygen atoms in total. The van der Waals surface area contributed by atoms with Gasteiger partial charge < -0.3 is 5.11 Å². The van der Waals surface area contributed by atoms with Crippen molar-refractivity contribution in [1.82, 2.24) is 8.61 Å². The largest absolute Gasteiger partial charge is 0.481 e. The first kappa shape index (κ1) is 13.4. The first-order chi connectivity index (χ1) is 7.44. The lowest BCUT2D eigenvalue weighted by molar-refractivity contribution is -0.137. The Balaban J connectivity index is 2.57. The quantitative estimate of drug-likeness (QED) is 0.752. The average molecular weight is 250 g/mol. The van der Waals surface area contributed by atoms with Gasteiger partial charge in [0.1, 0.15) is 0 Å². The number of piperidine rings is 1. The van der Waals surface area contributed by atoms with Gasteiger partial charge in [0.15, 0.2) is 0 Å². The molecule has 0 aromatic carbocycles. The lowest BCUT2D eigenvalue weighted by Crippen LogP contribution is -2.44. The van der Waals surface area contributed by atoms with Crippen molar-refractivity contribution in [3.63, 3.8) is 0 Å². The van der Waals surface area contributed by atoms with Crippen LogP contribution < -0.4 is 0 Å². The second kappa shape index (κ2) is 5.60. The molecule has 1 saturated heterocycles. The van der Waals surface area contributed by atoms with Gasteiger partial charge in [-0.15, -0.1) is 0 Å². The molecule has 0 saturated carbocycles. The SMILES string of the molecule is CN(CCC(=O)O)S(=O)(=O)N1CCCCC1. The fourth-order valence-corrected chi connectivity index (χ4v) is 3.10.